The third kappa shape index (κ3) is 3.18. The first-order valence-corrected chi connectivity index (χ1v) is 7.64. The summed E-state index contributed by atoms with van der Waals surface area (Å²) in [5.41, 5.74) is 0.820. The molecule has 0 saturated carbocycles. The molecular weight excluding hydrogens is 351 g/mol. The van der Waals surface area contributed by atoms with Crippen LogP contribution in [0.2, 0.25) is 10.0 Å². The maximum Gasteiger partial charge on any atom is 0.310 e. The molecular formula is C17H10Cl2N2O3. The van der Waals surface area contributed by atoms with E-state index >= 15 is 0 Å². The molecule has 0 unspecified atom stereocenters. The molecule has 0 fully saturated rings. The molecule has 1 heterocycles. The van der Waals surface area contributed by atoms with Crippen LogP contribution in [0.15, 0.2) is 59.1 Å². The van der Waals surface area contributed by atoms with Crippen molar-refractivity contribution in [2.24, 2.45) is 0 Å². The van der Waals surface area contributed by atoms with Crippen molar-refractivity contribution in [1.82, 2.24) is 5.27 Å². The van der Waals surface area contributed by atoms with E-state index in [1.165, 1.54) is 12.2 Å². The number of hydrogen-bond donors (Lipinski definition) is 0. The molecule has 0 aliphatic heterocycles. The highest BCUT2D eigenvalue weighted by Crippen LogP contribution is 2.25. The number of allylic oxidation sites excluding steroid dienone is 1. The van der Waals surface area contributed by atoms with E-state index < -0.39 is 11.7 Å². The average Bonchev–Trinajstić information content (AvgIpc) is 2.97. The number of ketones is 1. The van der Waals surface area contributed by atoms with Crippen LogP contribution >= 0.6 is 23.2 Å². The van der Waals surface area contributed by atoms with Crippen LogP contribution in [0.25, 0.3) is 11.8 Å². The predicted molar refractivity (Wildman–Crippen MR) is 87.3 cm³/mol. The summed E-state index contributed by atoms with van der Waals surface area (Å²) in [5, 5.41) is 16.3. The van der Waals surface area contributed by atoms with Gasteiger partial charge in [0.15, 0.2) is 5.95 Å². The second-order valence-electron chi connectivity index (χ2n) is 4.79. The van der Waals surface area contributed by atoms with E-state index in [0.717, 1.165) is 4.68 Å². The third-order valence-corrected chi connectivity index (χ3v) is 3.90. The Hall–Kier alpha value is -2.63. The van der Waals surface area contributed by atoms with Crippen molar-refractivity contribution >= 4 is 35.1 Å². The highest BCUT2D eigenvalue weighted by Gasteiger charge is 2.25. The monoisotopic (exact) mass is 360 g/mol. The highest BCUT2D eigenvalue weighted by atomic mass is 35.5. The summed E-state index contributed by atoms with van der Waals surface area (Å²) < 4.78 is 5.78. The summed E-state index contributed by atoms with van der Waals surface area (Å²) in [6.45, 7) is 0. The standard InChI is InChI=1S/C17H10Cl2N2O3/c18-13-7-4-8-14(19)12(13)9-10-15(22)16-17(23)24-20-21(16)11-5-2-1-3-6-11/h1-10H/b10-9+. The number of para-hydroxylation sites is 1. The zero-order valence-electron chi connectivity index (χ0n) is 12.1. The van der Waals surface area contributed by atoms with E-state index in [1.807, 2.05) is 6.07 Å². The van der Waals surface area contributed by atoms with Gasteiger partial charge in [0.2, 0.25) is 5.69 Å². The second kappa shape index (κ2) is 6.86. The molecule has 5 nitrogen and oxygen atoms in total. The molecule has 2 aromatic carbocycles. The molecule has 120 valence electrons. The van der Waals surface area contributed by atoms with Gasteiger partial charge in [-0.2, -0.15) is 0 Å². The number of hydrogen-bond acceptors (Lipinski definition) is 4. The van der Waals surface area contributed by atoms with Crippen LogP contribution in [0.5, 0.6) is 5.95 Å². The van der Waals surface area contributed by atoms with Gasteiger partial charge >= 0.3 is 5.69 Å². The lowest BCUT2D eigenvalue weighted by atomic mass is 10.1. The van der Waals surface area contributed by atoms with Crippen molar-refractivity contribution in [2.45, 2.75) is 0 Å². The Morgan fingerprint density at radius 1 is 1.08 bits per heavy atom. The number of carbonyl (C=O) groups is 1. The minimum atomic E-state index is -0.821. The normalized spacial score (nSPS) is 11.1. The Morgan fingerprint density at radius 2 is 1.75 bits per heavy atom. The number of nitrogens with zero attached hydrogens (tertiary/aromatic N) is 2. The van der Waals surface area contributed by atoms with E-state index in [2.05, 4.69) is 9.79 Å². The molecule has 3 aromatic rings. The minimum Gasteiger partial charge on any atom is -0.539 e. The van der Waals surface area contributed by atoms with Crippen molar-refractivity contribution in [3.8, 4) is 11.6 Å². The second-order valence-corrected chi connectivity index (χ2v) is 5.60. The van der Waals surface area contributed by atoms with Gasteiger partial charge < -0.3 is 9.63 Å². The van der Waals surface area contributed by atoms with E-state index in [1.54, 1.807) is 42.5 Å². The Balaban J connectivity index is 1.97. The van der Waals surface area contributed by atoms with Crippen LogP contribution < -0.4 is 9.79 Å². The zero-order chi connectivity index (χ0) is 17.1. The molecule has 3 rings (SSSR count). The van der Waals surface area contributed by atoms with E-state index in [0.29, 0.717) is 21.3 Å². The summed E-state index contributed by atoms with van der Waals surface area (Å²) in [6, 6.07) is 13.7. The number of halogens is 2. The first-order chi connectivity index (χ1) is 11.6. The smallest absolute Gasteiger partial charge is 0.310 e. The Labute approximate surface area is 147 Å². The van der Waals surface area contributed by atoms with Crippen LogP contribution in [0.4, 0.5) is 0 Å². The number of rotatable bonds is 4. The molecule has 7 heteroatoms. The molecule has 0 aliphatic rings. The Morgan fingerprint density at radius 3 is 2.42 bits per heavy atom. The van der Waals surface area contributed by atoms with Gasteiger partial charge in [0.25, 0.3) is 5.78 Å². The fourth-order valence-corrected chi connectivity index (χ4v) is 2.63. The molecule has 0 radical (unpaired) electrons. The summed E-state index contributed by atoms with van der Waals surface area (Å²) in [7, 11) is 0. The summed E-state index contributed by atoms with van der Waals surface area (Å²) >= 11 is 12.1. The van der Waals surface area contributed by atoms with Crippen LogP contribution in [-0.4, -0.2) is 11.1 Å². The SMILES string of the molecule is O=C(/C=C/c1c(Cl)cccc1Cl)c1c([O-])on[n+]1-c1ccccc1. The summed E-state index contributed by atoms with van der Waals surface area (Å²) in [5.74, 6) is -1.39. The lowest BCUT2D eigenvalue weighted by Crippen LogP contribution is -2.38. The number of carbonyl (C=O) groups excluding carboxylic acids is 1. The van der Waals surface area contributed by atoms with Crippen molar-refractivity contribution in [3.05, 3.63) is 75.9 Å². The Bertz CT molecular complexity index is 901. The van der Waals surface area contributed by atoms with Crippen LogP contribution in [-0.2, 0) is 0 Å². The van der Waals surface area contributed by atoms with Gasteiger partial charge in [0.1, 0.15) is 0 Å². The molecule has 0 bridgehead atoms. The maximum atomic E-state index is 12.4. The van der Waals surface area contributed by atoms with Crippen molar-refractivity contribution in [3.63, 3.8) is 0 Å². The van der Waals surface area contributed by atoms with Crippen molar-refractivity contribution < 1.29 is 19.1 Å². The molecule has 0 aliphatic carbocycles. The van der Waals surface area contributed by atoms with Crippen LogP contribution in [0.1, 0.15) is 16.1 Å². The number of benzene rings is 2. The summed E-state index contributed by atoms with van der Waals surface area (Å²) in [4.78, 5) is 12.4. The predicted octanol–water partition coefficient (Wildman–Crippen LogP) is 3.23. The quantitative estimate of drug-likeness (QED) is 0.406. The van der Waals surface area contributed by atoms with Gasteiger partial charge in [0.05, 0.1) is 5.27 Å². The fraction of sp³-hybridized carbons (Fsp3) is 0. The molecule has 0 N–H and O–H groups in total. The van der Waals surface area contributed by atoms with Gasteiger partial charge in [-0.25, -0.2) is 0 Å². The van der Waals surface area contributed by atoms with Crippen molar-refractivity contribution in [2.75, 3.05) is 0 Å². The first kappa shape index (κ1) is 16.2. The van der Waals surface area contributed by atoms with Gasteiger partial charge in [-0.3, -0.25) is 4.79 Å². The van der Waals surface area contributed by atoms with Gasteiger partial charge in [-0.05, 0) is 29.0 Å². The lowest BCUT2D eigenvalue weighted by molar-refractivity contribution is -0.672. The minimum absolute atomic E-state index is 0.208. The zero-order valence-corrected chi connectivity index (χ0v) is 13.7. The molecule has 0 atom stereocenters. The molecule has 0 saturated heterocycles. The van der Waals surface area contributed by atoms with Crippen LogP contribution in [0.3, 0.4) is 0 Å². The van der Waals surface area contributed by atoms with E-state index in [-0.39, 0.29) is 5.69 Å². The highest BCUT2D eigenvalue weighted by molar-refractivity contribution is 6.37. The van der Waals surface area contributed by atoms with Crippen LogP contribution in [0, 0.1) is 0 Å². The average molecular weight is 361 g/mol. The maximum absolute atomic E-state index is 12.4. The lowest BCUT2D eigenvalue weighted by Gasteiger charge is -2.00. The molecule has 24 heavy (non-hydrogen) atoms. The molecule has 1 aromatic heterocycles. The molecule has 0 amide bonds. The number of aromatic nitrogens is 2. The fourth-order valence-electron chi connectivity index (χ4n) is 2.11. The van der Waals surface area contributed by atoms with Gasteiger partial charge in [-0.1, -0.05) is 47.5 Å². The third-order valence-electron chi connectivity index (χ3n) is 3.25. The van der Waals surface area contributed by atoms with Gasteiger partial charge in [0, 0.05) is 27.7 Å². The first-order valence-electron chi connectivity index (χ1n) is 6.89. The summed E-state index contributed by atoms with van der Waals surface area (Å²) in [6.07, 6.45) is 2.66. The van der Waals surface area contributed by atoms with E-state index in [4.69, 9.17) is 23.2 Å². The van der Waals surface area contributed by atoms with Gasteiger partial charge in [-0.15, -0.1) is 0 Å². The largest absolute Gasteiger partial charge is 0.539 e. The van der Waals surface area contributed by atoms with Crippen molar-refractivity contribution in [1.29, 1.82) is 0 Å². The molecule has 0 spiro atoms. The van der Waals surface area contributed by atoms with E-state index in [9.17, 15) is 9.90 Å². The topological polar surface area (TPSA) is 70.0 Å². The Kier molecular flexibility index (Phi) is 4.64.